The van der Waals surface area contributed by atoms with E-state index in [0.717, 1.165) is 25.0 Å². The quantitative estimate of drug-likeness (QED) is 0.557. The molecular weight excluding hydrogens is 176 g/mol. The molecule has 0 aliphatic heterocycles. The molecule has 2 heteroatoms. The SMILES string of the molecule is [CH2]C(OCCC1CC1)OCCC1CC1. The van der Waals surface area contributed by atoms with Crippen LogP contribution in [0.1, 0.15) is 38.5 Å². The van der Waals surface area contributed by atoms with Gasteiger partial charge in [-0.3, -0.25) is 0 Å². The first-order chi connectivity index (χ1) is 6.84. The summed E-state index contributed by atoms with van der Waals surface area (Å²) in [5.41, 5.74) is 0. The Morgan fingerprint density at radius 3 is 1.71 bits per heavy atom. The molecule has 0 saturated heterocycles. The highest BCUT2D eigenvalue weighted by Crippen LogP contribution is 2.33. The molecule has 2 rings (SSSR count). The fourth-order valence-electron chi connectivity index (χ4n) is 1.59. The minimum Gasteiger partial charge on any atom is -0.353 e. The molecule has 0 amide bonds. The summed E-state index contributed by atoms with van der Waals surface area (Å²) in [5, 5.41) is 0. The van der Waals surface area contributed by atoms with Crippen molar-refractivity contribution in [1.82, 2.24) is 0 Å². The molecule has 0 aromatic carbocycles. The average Bonchev–Trinajstić information content (AvgIpc) is 2.99. The average molecular weight is 197 g/mol. The topological polar surface area (TPSA) is 18.5 Å². The van der Waals surface area contributed by atoms with Crippen molar-refractivity contribution < 1.29 is 9.47 Å². The molecule has 81 valence electrons. The second kappa shape index (κ2) is 5.13. The fourth-order valence-corrected chi connectivity index (χ4v) is 1.59. The van der Waals surface area contributed by atoms with Crippen LogP contribution in [0.4, 0.5) is 0 Å². The fraction of sp³-hybridized carbons (Fsp3) is 0.917. The van der Waals surface area contributed by atoms with E-state index in [1.807, 2.05) is 0 Å². The van der Waals surface area contributed by atoms with Crippen molar-refractivity contribution in [2.45, 2.75) is 44.8 Å². The van der Waals surface area contributed by atoms with Gasteiger partial charge in [-0.15, -0.1) is 0 Å². The van der Waals surface area contributed by atoms with Gasteiger partial charge in [0.25, 0.3) is 0 Å². The van der Waals surface area contributed by atoms with Crippen LogP contribution < -0.4 is 0 Å². The molecule has 2 aliphatic rings. The van der Waals surface area contributed by atoms with Crippen LogP contribution in [0.5, 0.6) is 0 Å². The van der Waals surface area contributed by atoms with Gasteiger partial charge in [-0.05, 0) is 24.7 Å². The molecule has 0 unspecified atom stereocenters. The molecule has 0 atom stereocenters. The van der Waals surface area contributed by atoms with E-state index in [-0.39, 0.29) is 6.29 Å². The molecule has 14 heavy (non-hydrogen) atoms. The smallest absolute Gasteiger partial charge is 0.157 e. The lowest BCUT2D eigenvalue weighted by atomic mass is 10.3. The number of hydrogen-bond acceptors (Lipinski definition) is 2. The predicted octanol–water partition coefficient (Wildman–Crippen LogP) is 2.78. The third-order valence-corrected chi connectivity index (χ3v) is 3.05. The van der Waals surface area contributed by atoms with E-state index >= 15 is 0 Å². The maximum Gasteiger partial charge on any atom is 0.157 e. The minimum atomic E-state index is -0.243. The second-order valence-corrected chi connectivity index (χ2v) is 4.64. The van der Waals surface area contributed by atoms with E-state index in [4.69, 9.17) is 9.47 Å². The van der Waals surface area contributed by atoms with Crippen molar-refractivity contribution in [3.8, 4) is 0 Å². The molecule has 1 radical (unpaired) electrons. The molecule has 0 bridgehead atoms. The van der Waals surface area contributed by atoms with E-state index in [1.54, 1.807) is 0 Å². The zero-order valence-electron chi connectivity index (χ0n) is 8.91. The van der Waals surface area contributed by atoms with Gasteiger partial charge in [0, 0.05) is 20.1 Å². The van der Waals surface area contributed by atoms with Crippen LogP contribution >= 0.6 is 0 Å². The Morgan fingerprint density at radius 2 is 1.36 bits per heavy atom. The van der Waals surface area contributed by atoms with Gasteiger partial charge in [0.1, 0.15) is 0 Å². The van der Waals surface area contributed by atoms with Crippen molar-refractivity contribution in [3.63, 3.8) is 0 Å². The first kappa shape index (κ1) is 10.4. The molecule has 0 N–H and O–H groups in total. The molecule has 0 heterocycles. The van der Waals surface area contributed by atoms with Crippen LogP contribution in [0.3, 0.4) is 0 Å². The summed E-state index contributed by atoms with van der Waals surface area (Å²) in [6.45, 7) is 5.47. The molecule has 0 spiro atoms. The highest BCUT2D eigenvalue weighted by molar-refractivity contribution is 4.73. The minimum absolute atomic E-state index is 0.243. The number of ether oxygens (including phenoxy) is 2. The lowest BCUT2D eigenvalue weighted by molar-refractivity contribution is -0.115. The van der Waals surface area contributed by atoms with Crippen LogP contribution in [-0.4, -0.2) is 19.5 Å². The van der Waals surface area contributed by atoms with E-state index < -0.39 is 0 Å². The third-order valence-electron chi connectivity index (χ3n) is 3.05. The van der Waals surface area contributed by atoms with Crippen LogP contribution in [0.25, 0.3) is 0 Å². The van der Waals surface area contributed by atoms with Crippen molar-refractivity contribution >= 4 is 0 Å². The summed E-state index contributed by atoms with van der Waals surface area (Å²) in [6, 6.07) is 0. The van der Waals surface area contributed by atoms with E-state index in [0.29, 0.717) is 0 Å². The monoisotopic (exact) mass is 197 g/mol. The Balaban J connectivity index is 1.38. The maximum atomic E-state index is 5.46. The third kappa shape index (κ3) is 4.43. The van der Waals surface area contributed by atoms with Crippen molar-refractivity contribution in [2.24, 2.45) is 11.8 Å². The highest BCUT2D eigenvalue weighted by atomic mass is 16.7. The lowest BCUT2D eigenvalue weighted by Gasteiger charge is -2.13. The van der Waals surface area contributed by atoms with Gasteiger partial charge in [-0.1, -0.05) is 25.7 Å². The first-order valence-electron chi connectivity index (χ1n) is 5.91. The molecule has 2 aliphatic carbocycles. The van der Waals surface area contributed by atoms with Crippen LogP contribution in [0.2, 0.25) is 0 Å². The lowest BCUT2D eigenvalue weighted by Crippen LogP contribution is -2.15. The Morgan fingerprint density at radius 1 is 0.929 bits per heavy atom. The van der Waals surface area contributed by atoms with E-state index in [9.17, 15) is 0 Å². The normalized spacial score (nSPS) is 21.9. The van der Waals surface area contributed by atoms with Crippen molar-refractivity contribution in [2.75, 3.05) is 13.2 Å². The zero-order chi connectivity index (χ0) is 9.80. The van der Waals surface area contributed by atoms with Crippen molar-refractivity contribution in [3.05, 3.63) is 6.92 Å². The van der Waals surface area contributed by atoms with Crippen LogP contribution in [0.15, 0.2) is 0 Å². The molecule has 2 saturated carbocycles. The molecule has 2 nitrogen and oxygen atoms in total. The molecule has 2 fully saturated rings. The van der Waals surface area contributed by atoms with Gasteiger partial charge < -0.3 is 9.47 Å². The van der Waals surface area contributed by atoms with E-state index in [2.05, 4.69) is 6.92 Å². The highest BCUT2D eigenvalue weighted by Gasteiger charge is 2.22. The number of hydrogen-bond donors (Lipinski definition) is 0. The number of rotatable bonds is 8. The predicted molar refractivity (Wildman–Crippen MR) is 55.7 cm³/mol. The second-order valence-electron chi connectivity index (χ2n) is 4.64. The van der Waals surface area contributed by atoms with Gasteiger partial charge in [0.05, 0.1) is 0 Å². The Hall–Kier alpha value is -0.0800. The summed E-state index contributed by atoms with van der Waals surface area (Å²) < 4.78 is 10.9. The molecule has 0 aromatic heterocycles. The van der Waals surface area contributed by atoms with Crippen LogP contribution in [-0.2, 0) is 9.47 Å². The summed E-state index contributed by atoms with van der Waals surface area (Å²) in [7, 11) is 0. The van der Waals surface area contributed by atoms with Crippen molar-refractivity contribution in [1.29, 1.82) is 0 Å². The summed E-state index contributed by atoms with van der Waals surface area (Å²) in [4.78, 5) is 0. The van der Waals surface area contributed by atoms with Crippen LogP contribution in [0, 0.1) is 18.8 Å². The Kier molecular flexibility index (Phi) is 3.82. The summed E-state index contributed by atoms with van der Waals surface area (Å²) in [6.07, 6.45) is 7.73. The van der Waals surface area contributed by atoms with Gasteiger partial charge in [-0.2, -0.15) is 0 Å². The summed E-state index contributed by atoms with van der Waals surface area (Å²) in [5.74, 6) is 1.88. The maximum absolute atomic E-state index is 5.46. The van der Waals surface area contributed by atoms with Gasteiger partial charge in [0.2, 0.25) is 0 Å². The summed E-state index contributed by atoms with van der Waals surface area (Å²) >= 11 is 0. The largest absolute Gasteiger partial charge is 0.353 e. The standard InChI is InChI=1S/C12H21O2/c1-10(13-8-6-11-2-3-11)14-9-7-12-4-5-12/h10-12H,1-9H2. The Labute approximate surface area is 87.0 Å². The molecule has 0 aromatic rings. The van der Waals surface area contributed by atoms with E-state index in [1.165, 1.54) is 38.5 Å². The van der Waals surface area contributed by atoms with Gasteiger partial charge >= 0.3 is 0 Å². The molecular formula is C12H21O2. The van der Waals surface area contributed by atoms with Gasteiger partial charge in [-0.25, -0.2) is 0 Å². The first-order valence-corrected chi connectivity index (χ1v) is 5.91. The zero-order valence-corrected chi connectivity index (χ0v) is 8.91. The Bertz CT molecular complexity index is 144. The van der Waals surface area contributed by atoms with Gasteiger partial charge in [0.15, 0.2) is 6.29 Å².